The maximum atomic E-state index is 11.9. The predicted molar refractivity (Wildman–Crippen MR) is 43.8 cm³/mol. The van der Waals surface area contributed by atoms with E-state index in [2.05, 4.69) is 10.7 Å². The number of hydrogen-bond donors (Lipinski definition) is 1. The maximum absolute atomic E-state index is 11.9. The van der Waals surface area contributed by atoms with Crippen LogP contribution in [0.15, 0.2) is 24.3 Å². The summed E-state index contributed by atoms with van der Waals surface area (Å²) in [5.74, 6) is -1.60. The third-order valence-corrected chi connectivity index (χ3v) is 0.824. The Morgan fingerprint density at radius 1 is 1.15 bits per heavy atom. The molecule has 1 aromatic carbocycles. The van der Waals surface area contributed by atoms with Gasteiger partial charge in [-0.1, -0.05) is 12.1 Å². The van der Waals surface area contributed by atoms with E-state index in [0.717, 1.165) is 12.1 Å². The molecule has 0 saturated carbocycles. The van der Waals surface area contributed by atoms with Crippen LogP contribution in [0, 0.1) is 11.6 Å². The largest absolute Gasteiger partial charge is 0.353 e. The first kappa shape index (κ1) is 12.3. The van der Waals surface area contributed by atoms with Crippen LogP contribution >= 0.6 is 10.7 Å². The molecule has 1 aromatic rings. The normalized spacial score (nSPS) is 10.2. The second kappa shape index (κ2) is 5.11. The summed E-state index contributed by atoms with van der Waals surface area (Å²) in [5, 5.41) is 0. The first-order valence-electron chi connectivity index (χ1n) is 2.88. The fraction of sp³-hybridized carbons (Fsp3) is 0. The zero-order valence-corrected chi connectivity index (χ0v) is 7.69. The van der Waals surface area contributed by atoms with E-state index in [1.807, 2.05) is 0 Å². The molecular formula is C6H5ClF2O3S. The van der Waals surface area contributed by atoms with E-state index in [9.17, 15) is 8.78 Å². The molecule has 3 nitrogen and oxygen atoms in total. The Labute approximate surface area is 78.2 Å². The average Bonchev–Trinajstić information content (AvgIpc) is 1.92. The summed E-state index contributed by atoms with van der Waals surface area (Å²) in [6.07, 6.45) is 0. The van der Waals surface area contributed by atoms with Gasteiger partial charge in [0.05, 0.1) is 0 Å². The Morgan fingerprint density at radius 3 is 1.54 bits per heavy atom. The van der Waals surface area contributed by atoms with Crippen LogP contribution < -0.4 is 0 Å². The molecular weight excluding hydrogens is 226 g/mol. The van der Waals surface area contributed by atoms with Crippen LogP contribution in [0.2, 0.25) is 0 Å². The quantitative estimate of drug-likeness (QED) is 0.548. The van der Waals surface area contributed by atoms with E-state index in [0.29, 0.717) is 0 Å². The summed E-state index contributed by atoms with van der Waals surface area (Å²) >= 11 is 0. The van der Waals surface area contributed by atoms with E-state index >= 15 is 0 Å². The molecule has 0 bridgehead atoms. The van der Waals surface area contributed by atoms with E-state index in [1.54, 1.807) is 0 Å². The molecule has 13 heavy (non-hydrogen) atoms. The van der Waals surface area contributed by atoms with Crippen molar-refractivity contribution < 1.29 is 21.8 Å². The second-order valence-electron chi connectivity index (χ2n) is 1.83. The summed E-state index contributed by atoms with van der Waals surface area (Å²) in [5.41, 5.74) is 0. The van der Waals surface area contributed by atoms with Crippen LogP contribution in [-0.2, 0) is 9.33 Å². The standard InChI is InChI=1S/C6H4F2.ClHO3S/c7-5-3-1-2-4-6(5)8;1-5(2,3)4/h1-4H;(H,2,3,4). The van der Waals surface area contributed by atoms with Gasteiger partial charge < -0.3 is 0 Å². The van der Waals surface area contributed by atoms with E-state index in [-0.39, 0.29) is 0 Å². The van der Waals surface area contributed by atoms with Crippen LogP contribution in [0.1, 0.15) is 0 Å². The molecule has 1 N–H and O–H groups in total. The van der Waals surface area contributed by atoms with Crippen molar-refractivity contribution in [2.24, 2.45) is 0 Å². The number of halogens is 3. The van der Waals surface area contributed by atoms with Crippen LogP contribution in [0.25, 0.3) is 0 Å². The second-order valence-corrected chi connectivity index (χ2v) is 3.82. The third kappa shape index (κ3) is 9.19. The van der Waals surface area contributed by atoms with Crippen LogP contribution in [0.4, 0.5) is 8.78 Å². The minimum atomic E-state index is -4.19. The lowest BCUT2D eigenvalue weighted by Gasteiger charge is -1.85. The first-order valence-corrected chi connectivity index (χ1v) is 5.14. The Balaban J connectivity index is 0.000000252. The van der Waals surface area contributed by atoms with Crippen molar-refractivity contribution in [3.63, 3.8) is 0 Å². The third-order valence-electron chi connectivity index (χ3n) is 0.824. The molecule has 0 fully saturated rings. The number of hydrogen-bond acceptors (Lipinski definition) is 2. The highest BCUT2D eigenvalue weighted by Gasteiger charge is 1.93. The summed E-state index contributed by atoms with van der Waals surface area (Å²) in [4.78, 5) is 0. The molecule has 0 aliphatic carbocycles. The van der Waals surface area contributed by atoms with Gasteiger partial charge in [0.2, 0.25) is 0 Å². The van der Waals surface area contributed by atoms with Crippen LogP contribution in [0.3, 0.4) is 0 Å². The fourth-order valence-corrected chi connectivity index (χ4v) is 0.439. The Kier molecular flexibility index (Phi) is 4.82. The molecule has 0 radical (unpaired) electrons. The van der Waals surface area contributed by atoms with Crippen molar-refractivity contribution >= 4 is 20.0 Å². The lowest BCUT2D eigenvalue weighted by atomic mass is 10.3. The number of benzene rings is 1. The van der Waals surface area contributed by atoms with Crippen LogP contribution in [-0.4, -0.2) is 13.0 Å². The molecule has 0 spiro atoms. The first-order chi connectivity index (χ1) is 5.80. The van der Waals surface area contributed by atoms with Gasteiger partial charge in [-0.3, -0.25) is 4.55 Å². The van der Waals surface area contributed by atoms with Crippen molar-refractivity contribution in [2.75, 3.05) is 0 Å². The Morgan fingerprint density at radius 2 is 1.38 bits per heavy atom. The van der Waals surface area contributed by atoms with Crippen LogP contribution in [0.5, 0.6) is 0 Å². The topological polar surface area (TPSA) is 54.4 Å². The molecule has 7 heteroatoms. The minimum absolute atomic E-state index is 0.799. The molecule has 74 valence electrons. The van der Waals surface area contributed by atoms with Gasteiger partial charge in [0, 0.05) is 10.7 Å². The summed E-state index contributed by atoms with van der Waals surface area (Å²) in [7, 11) is -0.137. The lowest BCUT2D eigenvalue weighted by Crippen LogP contribution is -1.77. The van der Waals surface area contributed by atoms with Crippen molar-refractivity contribution in [1.82, 2.24) is 0 Å². The van der Waals surface area contributed by atoms with E-state index < -0.39 is 21.0 Å². The Hall–Kier alpha value is -0.720. The highest BCUT2D eigenvalue weighted by Crippen LogP contribution is 2.01. The maximum Gasteiger partial charge on any atom is 0.353 e. The highest BCUT2D eigenvalue weighted by atomic mass is 35.7. The molecule has 0 heterocycles. The van der Waals surface area contributed by atoms with Crippen molar-refractivity contribution in [1.29, 1.82) is 0 Å². The molecule has 0 unspecified atom stereocenters. The molecule has 0 atom stereocenters. The van der Waals surface area contributed by atoms with Crippen molar-refractivity contribution in [3.8, 4) is 0 Å². The smallest absolute Gasteiger partial charge is 0.273 e. The van der Waals surface area contributed by atoms with Crippen molar-refractivity contribution in [2.45, 2.75) is 0 Å². The summed E-state index contributed by atoms with van der Waals surface area (Å²) < 4.78 is 49.1. The lowest BCUT2D eigenvalue weighted by molar-refractivity contribution is 0.501. The van der Waals surface area contributed by atoms with Gasteiger partial charge in [-0.2, -0.15) is 8.42 Å². The SMILES string of the molecule is Fc1ccccc1F.O=S(=O)(O)Cl. The Bertz CT molecular complexity index is 337. The fourth-order valence-electron chi connectivity index (χ4n) is 0.439. The molecule has 0 aromatic heterocycles. The molecule has 0 aliphatic heterocycles. The monoisotopic (exact) mass is 230 g/mol. The average molecular weight is 231 g/mol. The van der Waals surface area contributed by atoms with Crippen molar-refractivity contribution in [3.05, 3.63) is 35.9 Å². The number of rotatable bonds is 0. The molecule has 1 rings (SSSR count). The van der Waals surface area contributed by atoms with Gasteiger partial charge in [0.1, 0.15) is 0 Å². The zero-order chi connectivity index (χ0) is 10.5. The van der Waals surface area contributed by atoms with E-state index in [1.165, 1.54) is 12.1 Å². The zero-order valence-electron chi connectivity index (χ0n) is 6.12. The summed E-state index contributed by atoms with van der Waals surface area (Å²) in [6.45, 7) is 0. The van der Waals surface area contributed by atoms with Gasteiger partial charge in [-0.15, -0.1) is 0 Å². The minimum Gasteiger partial charge on any atom is -0.273 e. The molecule has 0 saturated heterocycles. The van der Waals surface area contributed by atoms with Gasteiger partial charge in [-0.05, 0) is 12.1 Å². The van der Waals surface area contributed by atoms with Gasteiger partial charge in [0.25, 0.3) is 0 Å². The van der Waals surface area contributed by atoms with E-state index in [4.69, 9.17) is 13.0 Å². The van der Waals surface area contributed by atoms with Gasteiger partial charge in [0.15, 0.2) is 11.6 Å². The summed E-state index contributed by atoms with van der Waals surface area (Å²) in [6, 6.07) is 5.04. The molecule has 0 amide bonds. The van der Waals surface area contributed by atoms with Gasteiger partial charge in [-0.25, -0.2) is 8.78 Å². The molecule has 0 aliphatic rings. The highest BCUT2D eigenvalue weighted by molar-refractivity contribution is 8.09. The van der Waals surface area contributed by atoms with Gasteiger partial charge >= 0.3 is 9.33 Å². The predicted octanol–water partition coefficient (Wildman–Crippen LogP) is 1.99.